The van der Waals surface area contributed by atoms with Crippen molar-refractivity contribution in [3.63, 3.8) is 0 Å². The Morgan fingerprint density at radius 3 is 2.13 bits per heavy atom. The number of carbonyl (C=O) groups is 2. The first kappa shape index (κ1) is 28.7. The number of aromatic nitrogens is 2. The van der Waals surface area contributed by atoms with E-state index < -0.39 is 12.1 Å². The van der Waals surface area contributed by atoms with Gasteiger partial charge in [0.1, 0.15) is 0 Å². The van der Waals surface area contributed by atoms with Gasteiger partial charge in [0.05, 0.1) is 21.6 Å². The van der Waals surface area contributed by atoms with Gasteiger partial charge in [-0.3, -0.25) is 4.79 Å². The number of carbonyl (C=O) groups excluding carboxylic acids is 1. The van der Waals surface area contributed by atoms with E-state index in [4.69, 9.17) is 43.1 Å². The van der Waals surface area contributed by atoms with Crippen molar-refractivity contribution in [3.8, 4) is 0 Å². The average Bonchev–Trinajstić information content (AvgIpc) is 3.42. The molecule has 2 N–H and O–H groups in total. The van der Waals surface area contributed by atoms with Crippen LogP contribution in [0.15, 0.2) is 42.5 Å². The van der Waals surface area contributed by atoms with E-state index in [1.165, 1.54) is 12.8 Å². The van der Waals surface area contributed by atoms with Gasteiger partial charge in [-0.25, -0.2) is 14.8 Å². The first-order chi connectivity index (χ1) is 18.5. The molecule has 1 aromatic heterocycles. The van der Waals surface area contributed by atoms with Crippen molar-refractivity contribution in [2.75, 3.05) is 36.4 Å². The summed E-state index contributed by atoms with van der Waals surface area (Å²) in [6.45, 7) is 2.52. The lowest BCUT2D eigenvalue weighted by atomic mass is 10.1. The van der Waals surface area contributed by atoms with Crippen LogP contribution in [0, 0.1) is 0 Å². The number of carboxylic acid groups (broad SMARTS) is 1. The highest BCUT2D eigenvalue weighted by atomic mass is 35.5. The molecule has 2 fully saturated rings. The van der Waals surface area contributed by atoms with Crippen LogP contribution in [-0.4, -0.2) is 70.2 Å². The lowest BCUT2D eigenvalue weighted by Gasteiger charge is -2.36. The van der Waals surface area contributed by atoms with E-state index in [0.29, 0.717) is 47.8 Å². The fourth-order valence-electron chi connectivity index (χ4n) is 4.52. The maximum Gasteiger partial charge on any atom is 0.490 e. The molecule has 0 radical (unpaired) electrons. The number of halogens is 5. The number of alkyl halides is 3. The number of anilines is 2. The Balaban J connectivity index is 0.000000448. The van der Waals surface area contributed by atoms with Gasteiger partial charge in [0.2, 0.25) is 0 Å². The number of rotatable bonds is 4. The molecule has 0 spiro atoms. The van der Waals surface area contributed by atoms with Gasteiger partial charge in [-0.05, 0) is 43.2 Å². The third kappa shape index (κ3) is 7.21. The molecule has 5 rings (SSSR count). The number of carboxylic acids is 1. The normalized spacial score (nSPS) is 16.1. The van der Waals surface area contributed by atoms with E-state index in [-0.39, 0.29) is 5.91 Å². The van der Waals surface area contributed by atoms with Crippen molar-refractivity contribution in [2.24, 2.45) is 0 Å². The van der Waals surface area contributed by atoms with Crippen molar-refractivity contribution in [2.45, 2.75) is 37.9 Å². The van der Waals surface area contributed by atoms with Crippen LogP contribution in [0.25, 0.3) is 11.0 Å². The van der Waals surface area contributed by atoms with Crippen molar-refractivity contribution in [3.05, 3.63) is 58.1 Å². The topological polar surface area (TPSA) is 98.7 Å². The molecule has 1 saturated carbocycles. The van der Waals surface area contributed by atoms with Crippen LogP contribution in [0.2, 0.25) is 10.0 Å². The quantitative estimate of drug-likeness (QED) is 0.395. The number of piperazine rings is 1. The molecule has 208 valence electrons. The van der Waals surface area contributed by atoms with Crippen LogP contribution in [-0.2, 0) is 4.79 Å². The molecule has 2 aromatic carbocycles. The molecule has 0 bridgehead atoms. The number of aliphatic carboxylic acids is 1. The Morgan fingerprint density at radius 2 is 1.54 bits per heavy atom. The smallest absolute Gasteiger partial charge is 0.475 e. The lowest BCUT2D eigenvalue weighted by Crippen LogP contribution is -2.49. The van der Waals surface area contributed by atoms with Crippen molar-refractivity contribution < 1.29 is 27.9 Å². The minimum absolute atomic E-state index is 0.0916. The maximum absolute atomic E-state index is 13.0. The minimum atomic E-state index is -5.08. The third-order valence-electron chi connectivity index (χ3n) is 6.52. The largest absolute Gasteiger partial charge is 0.490 e. The summed E-state index contributed by atoms with van der Waals surface area (Å²) < 4.78 is 31.7. The molecular formula is C26H26Cl2F3N5O3. The Morgan fingerprint density at radius 1 is 0.949 bits per heavy atom. The van der Waals surface area contributed by atoms with Gasteiger partial charge in [0, 0.05) is 37.2 Å². The summed E-state index contributed by atoms with van der Waals surface area (Å²) in [6.07, 6.45) is -0.255. The number of hydrogen-bond donors (Lipinski definition) is 2. The highest BCUT2D eigenvalue weighted by Crippen LogP contribution is 2.30. The summed E-state index contributed by atoms with van der Waals surface area (Å²) in [5.41, 5.74) is 2.21. The number of nitrogens with one attached hydrogen (secondary N) is 1. The molecule has 1 amide bonds. The minimum Gasteiger partial charge on any atom is -0.475 e. The second-order valence-electron chi connectivity index (χ2n) is 9.22. The summed E-state index contributed by atoms with van der Waals surface area (Å²) in [6, 6.07) is 13.4. The SMILES string of the molecule is O=C(O)C(F)(F)F.O=C(c1cc(Cl)ccc1Cl)N1CCN(c2nc3ccccc3nc2NC2CCCC2)CC1. The second-order valence-corrected chi connectivity index (χ2v) is 10.1. The molecule has 1 saturated heterocycles. The lowest BCUT2D eigenvalue weighted by molar-refractivity contribution is -0.192. The van der Waals surface area contributed by atoms with Gasteiger partial charge < -0.3 is 20.2 Å². The van der Waals surface area contributed by atoms with Crippen molar-refractivity contribution in [1.29, 1.82) is 0 Å². The first-order valence-corrected chi connectivity index (χ1v) is 13.1. The predicted octanol–water partition coefficient (Wildman–Crippen LogP) is 5.89. The predicted molar refractivity (Wildman–Crippen MR) is 144 cm³/mol. The number of fused-ring (bicyclic) bond motifs is 1. The standard InChI is InChI=1S/C24H25Cl2N5O.C2HF3O2/c25-16-9-10-19(26)18(15-16)24(32)31-13-11-30(12-14-31)23-22(27-17-5-1-2-6-17)28-20-7-3-4-8-21(20)29-23;3-2(4,5)1(6)7/h3-4,7-10,15,17H,1-2,5-6,11-14H2,(H,27,28);(H,6,7). The molecule has 1 aliphatic carbocycles. The molecule has 8 nitrogen and oxygen atoms in total. The molecular weight excluding hydrogens is 558 g/mol. The van der Waals surface area contributed by atoms with Crippen LogP contribution in [0.1, 0.15) is 36.0 Å². The second kappa shape index (κ2) is 12.3. The van der Waals surface area contributed by atoms with Crippen LogP contribution >= 0.6 is 23.2 Å². The molecule has 2 aliphatic rings. The summed E-state index contributed by atoms with van der Waals surface area (Å²) in [7, 11) is 0. The van der Waals surface area contributed by atoms with Crippen molar-refractivity contribution >= 4 is 57.7 Å². The summed E-state index contributed by atoms with van der Waals surface area (Å²) in [5.74, 6) is -1.14. The Hall–Kier alpha value is -3.31. The Labute approximate surface area is 232 Å². The van der Waals surface area contributed by atoms with E-state index in [0.717, 1.165) is 35.5 Å². The molecule has 1 aliphatic heterocycles. The summed E-state index contributed by atoms with van der Waals surface area (Å²) in [4.78, 5) is 35.8. The van der Waals surface area contributed by atoms with Gasteiger partial charge in [0.25, 0.3) is 5.91 Å². The first-order valence-electron chi connectivity index (χ1n) is 12.4. The number of hydrogen-bond acceptors (Lipinski definition) is 6. The highest BCUT2D eigenvalue weighted by Gasteiger charge is 2.38. The summed E-state index contributed by atoms with van der Waals surface area (Å²) in [5, 5.41) is 11.7. The fourth-order valence-corrected chi connectivity index (χ4v) is 4.90. The average molecular weight is 584 g/mol. The number of para-hydroxylation sites is 2. The van der Waals surface area contributed by atoms with Gasteiger partial charge in [-0.1, -0.05) is 48.2 Å². The molecule has 13 heteroatoms. The van der Waals surface area contributed by atoms with Crippen LogP contribution < -0.4 is 10.2 Å². The van der Waals surface area contributed by atoms with Gasteiger partial charge in [0.15, 0.2) is 11.6 Å². The number of nitrogens with zero attached hydrogens (tertiary/aromatic N) is 4. The van der Waals surface area contributed by atoms with Crippen LogP contribution in [0.5, 0.6) is 0 Å². The molecule has 3 aromatic rings. The van der Waals surface area contributed by atoms with Gasteiger partial charge >= 0.3 is 12.1 Å². The van der Waals surface area contributed by atoms with Crippen molar-refractivity contribution in [1.82, 2.24) is 14.9 Å². The van der Waals surface area contributed by atoms with E-state index in [1.54, 1.807) is 18.2 Å². The van der Waals surface area contributed by atoms with Crippen LogP contribution in [0.4, 0.5) is 24.8 Å². The maximum atomic E-state index is 13.0. The zero-order chi connectivity index (χ0) is 28.2. The Bertz CT molecular complexity index is 1340. The zero-order valence-electron chi connectivity index (χ0n) is 20.7. The third-order valence-corrected chi connectivity index (χ3v) is 7.08. The number of amides is 1. The van der Waals surface area contributed by atoms with E-state index in [2.05, 4.69) is 10.2 Å². The highest BCUT2D eigenvalue weighted by molar-refractivity contribution is 6.35. The zero-order valence-corrected chi connectivity index (χ0v) is 22.2. The van der Waals surface area contributed by atoms with Crippen LogP contribution in [0.3, 0.4) is 0 Å². The number of benzene rings is 2. The monoisotopic (exact) mass is 583 g/mol. The molecule has 0 unspecified atom stereocenters. The fraction of sp³-hybridized carbons (Fsp3) is 0.385. The molecule has 0 atom stereocenters. The van der Waals surface area contributed by atoms with Gasteiger partial charge in [-0.15, -0.1) is 0 Å². The molecule has 2 heterocycles. The Kier molecular flexibility index (Phi) is 9.01. The molecule has 39 heavy (non-hydrogen) atoms. The van der Waals surface area contributed by atoms with E-state index >= 15 is 0 Å². The van der Waals surface area contributed by atoms with E-state index in [9.17, 15) is 18.0 Å². The summed E-state index contributed by atoms with van der Waals surface area (Å²) >= 11 is 12.3. The van der Waals surface area contributed by atoms with E-state index in [1.807, 2.05) is 29.2 Å². The van der Waals surface area contributed by atoms with Gasteiger partial charge in [-0.2, -0.15) is 13.2 Å².